The first kappa shape index (κ1) is 17.1. The highest BCUT2D eigenvalue weighted by Gasteiger charge is 2.17. The summed E-state index contributed by atoms with van der Waals surface area (Å²) in [6.45, 7) is 4.63. The van der Waals surface area contributed by atoms with Crippen LogP contribution in [0.1, 0.15) is 21.7 Å². The average molecular weight is 345 g/mol. The molecule has 0 bridgehead atoms. The standard InChI is InChI=1S/C17H19N3O5/c21-17(15-5-6-16(25-15)20(22)23)18-11-13-1-3-14(4-2-13)12-19-7-9-24-10-8-19/h1-6H,7-12H2,(H,18,21). The molecule has 0 atom stereocenters. The molecule has 132 valence electrons. The van der Waals surface area contributed by atoms with E-state index in [1.165, 1.54) is 11.6 Å². The van der Waals surface area contributed by atoms with Crippen molar-refractivity contribution in [3.63, 3.8) is 0 Å². The van der Waals surface area contributed by atoms with Gasteiger partial charge in [-0.15, -0.1) is 0 Å². The molecule has 0 aliphatic carbocycles. The van der Waals surface area contributed by atoms with E-state index in [-0.39, 0.29) is 5.76 Å². The number of carbonyl (C=O) groups excluding carboxylic acids is 1. The fourth-order valence-electron chi connectivity index (χ4n) is 2.60. The predicted molar refractivity (Wildman–Crippen MR) is 89.1 cm³/mol. The Morgan fingerprint density at radius 3 is 2.44 bits per heavy atom. The molecule has 1 saturated heterocycles. The zero-order valence-corrected chi connectivity index (χ0v) is 13.6. The van der Waals surface area contributed by atoms with Crippen molar-refractivity contribution in [3.05, 3.63) is 63.4 Å². The zero-order valence-electron chi connectivity index (χ0n) is 13.6. The number of benzene rings is 1. The van der Waals surface area contributed by atoms with Gasteiger partial charge in [0, 0.05) is 26.2 Å². The summed E-state index contributed by atoms with van der Waals surface area (Å²) in [5.41, 5.74) is 2.15. The minimum Gasteiger partial charge on any atom is -0.395 e. The number of furan rings is 1. The van der Waals surface area contributed by atoms with Gasteiger partial charge in [0.25, 0.3) is 5.91 Å². The fourth-order valence-corrected chi connectivity index (χ4v) is 2.60. The molecule has 1 aromatic heterocycles. The highest BCUT2D eigenvalue weighted by Crippen LogP contribution is 2.15. The van der Waals surface area contributed by atoms with Crippen LogP contribution in [0.4, 0.5) is 5.88 Å². The monoisotopic (exact) mass is 345 g/mol. The van der Waals surface area contributed by atoms with Gasteiger partial charge >= 0.3 is 5.88 Å². The summed E-state index contributed by atoms with van der Waals surface area (Å²) < 4.78 is 10.2. The van der Waals surface area contributed by atoms with Crippen molar-refractivity contribution >= 4 is 11.8 Å². The number of nitrogens with zero attached hydrogens (tertiary/aromatic N) is 2. The van der Waals surface area contributed by atoms with Crippen LogP contribution in [0.3, 0.4) is 0 Å². The Kier molecular flexibility index (Phi) is 5.42. The van der Waals surface area contributed by atoms with Crippen LogP contribution >= 0.6 is 0 Å². The quantitative estimate of drug-likeness (QED) is 0.635. The van der Waals surface area contributed by atoms with Gasteiger partial charge in [-0.25, -0.2) is 0 Å². The van der Waals surface area contributed by atoms with Crippen LogP contribution in [0.25, 0.3) is 0 Å². The van der Waals surface area contributed by atoms with Crippen molar-refractivity contribution < 1.29 is 18.9 Å². The molecule has 1 aromatic carbocycles. The van der Waals surface area contributed by atoms with E-state index < -0.39 is 16.7 Å². The fraction of sp³-hybridized carbons (Fsp3) is 0.353. The summed E-state index contributed by atoms with van der Waals surface area (Å²) in [5, 5.41) is 13.2. The third-order valence-electron chi connectivity index (χ3n) is 3.98. The molecule has 2 aromatic rings. The van der Waals surface area contributed by atoms with Crippen LogP contribution in [0, 0.1) is 10.1 Å². The molecule has 1 aliphatic heterocycles. The van der Waals surface area contributed by atoms with Crippen LogP contribution in [0.15, 0.2) is 40.8 Å². The molecule has 1 N–H and O–H groups in total. The van der Waals surface area contributed by atoms with Crippen molar-refractivity contribution in [1.29, 1.82) is 0 Å². The Balaban J connectivity index is 1.50. The number of ether oxygens (including phenoxy) is 1. The number of morpholine rings is 1. The molecule has 0 spiro atoms. The third-order valence-corrected chi connectivity index (χ3v) is 3.98. The van der Waals surface area contributed by atoms with Gasteiger partial charge in [-0.3, -0.25) is 19.8 Å². The molecule has 8 heteroatoms. The lowest BCUT2D eigenvalue weighted by Crippen LogP contribution is -2.35. The van der Waals surface area contributed by atoms with Crippen LogP contribution < -0.4 is 5.32 Å². The molecule has 2 heterocycles. The van der Waals surface area contributed by atoms with Gasteiger partial charge in [0.2, 0.25) is 0 Å². The van der Waals surface area contributed by atoms with Crippen LogP contribution in [0.2, 0.25) is 0 Å². The van der Waals surface area contributed by atoms with E-state index in [1.54, 1.807) is 0 Å². The zero-order chi connectivity index (χ0) is 17.6. The molecule has 8 nitrogen and oxygen atoms in total. The first-order valence-electron chi connectivity index (χ1n) is 8.02. The van der Waals surface area contributed by atoms with Crippen molar-refractivity contribution in [2.24, 2.45) is 0 Å². The SMILES string of the molecule is O=C(NCc1ccc(CN2CCOCC2)cc1)c1ccc([N+](=O)[O-])o1. The summed E-state index contributed by atoms with van der Waals surface area (Å²) in [6.07, 6.45) is 0. The van der Waals surface area contributed by atoms with Gasteiger partial charge in [0.05, 0.1) is 19.3 Å². The minimum atomic E-state index is -0.677. The Morgan fingerprint density at radius 2 is 1.80 bits per heavy atom. The number of amides is 1. The van der Waals surface area contributed by atoms with E-state index in [0.29, 0.717) is 6.54 Å². The van der Waals surface area contributed by atoms with Crippen molar-refractivity contribution in [2.45, 2.75) is 13.1 Å². The normalized spacial score (nSPS) is 15.0. The Morgan fingerprint density at radius 1 is 1.12 bits per heavy atom. The second kappa shape index (κ2) is 7.91. The first-order chi connectivity index (χ1) is 12.1. The molecule has 0 unspecified atom stereocenters. The number of hydrogen-bond acceptors (Lipinski definition) is 6. The maximum atomic E-state index is 11.9. The topological polar surface area (TPSA) is 97.9 Å². The first-order valence-corrected chi connectivity index (χ1v) is 8.02. The lowest BCUT2D eigenvalue weighted by molar-refractivity contribution is -0.402. The number of rotatable bonds is 6. The van der Waals surface area contributed by atoms with Gasteiger partial charge in [-0.1, -0.05) is 24.3 Å². The number of nitro groups is 1. The number of hydrogen-bond donors (Lipinski definition) is 1. The van der Waals surface area contributed by atoms with Crippen LogP contribution in [-0.4, -0.2) is 42.0 Å². The minimum absolute atomic E-state index is 0.0735. The van der Waals surface area contributed by atoms with Crippen molar-refractivity contribution in [2.75, 3.05) is 26.3 Å². The van der Waals surface area contributed by atoms with Gasteiger partial charge in [-0.2, -0.15) is 0 Å². The maximum Gasteiger partial charge on any atom is 0.433 e. The van der Waals surface area contributed by atoms with E-state index in [1.807, 2.05) is 24.3 Å². The second-order valence-electron chi connectivity index (χ2n) is 5.78. The maximum absolute atomic E-state index is 11.9. The molecule has 0 saturated carbocycles. The molecule has 1 fully saturated rings. The highest BCUT2D eigenvalue weighted by atomic mass is 16.6. The van der Waals surface area contributed by atoms with Crippen LogP contribution in [0.5, 0.6) is 0 Å². The van der Waals surface area contributed by atoms with Crippen molar-refractivity contribution in [1.82, 2.24) is 10.2 Å². The van der Waals surface area contributed by atoms with Gasteiger partial charge in [0.15, 0.2) is 5.76 Å². The second-order valence-corrected chi connectivity index (χ2v) is 5.78. The van der Waals surface area contributed by atoms with E-state index >= 15 is 0 Å². The summed E-state index contributed by atoms with van der Waals surface area (Å²) in [6, 6.07) is 10.4. The smallest absolute Gasteiger partial charge is 0.395 e. The molecule has 0 radical (unpaired) electrons. The van der Waals surface area contributed by atoms with Crippen LogP contribution in [-0.2, 0) is 17.8 Å². The van der Waals surface area contributed by atoms with E-state index in [9.17, 15) is 14.9 Å². The Hall–Kier alpha value is -2.71. The Labute approximate surface area is 144 Å². The molecular formula is C17H19N3O5. The summed E-state index contributed by atoms with van der Waals surface area (Å²) in [7, 11) is 0. The Bertz CT molecular complexity index is 735. The van der Waals surface area contributed by atoms with E-state index in [0.717, 1.165) is 44.5 Å². The van der Waals surface area contributed by atoms with E-state index in [4.69, 9.17) is 9.15 Å². The number of nitrogens with one attached hydrogen (secondary N) is 1. The summed E-state index contributed by atoms with van der Waals surface area (Å²) in [5.74, 6) is -1.00. The lowest BCUT2D eigenvalue weighted by Gasteiger charge is -2.26. The molecule has 25 heavy (non-hydrogen) atoms. The van der Waals surface area contributed by atoms with Gasteiger partial charge < -0.3 is 14.5 Å². The predicted octanol–water partition coefficient (Wildman–Crippen LogP) is 1.95. The summed E-state index contributed by atoms with van der Waals surface area (Å²) in [4.78, 5) is 24.2. The number of carbonyl (C=O) groups is 1. The van der Waals surface area contributed by atoms with Crippen molar-refractivity contribution in [3.8, 4) is 0 Å². The largest absolute Gasteiger partial charge is 0.433 e. The third kappa shape index (κ3) is 4.65. The van der Waals surface area contributed by atoms with E-state index in [2.05, 4.69) is 10.2 Å². The lowest BCUT2D eigenvalue weighted by atomic mass is 10.1. The van der Waals surface area contributed by atoms with Gasteiger partial charge in [0.1, 0.15) is 4.92 Å². The molecule has 1 amide bonds. The highest BCUT2D eigenvalue weighted by molar-refractivity contribution is 5.91. The molecule has 1 aliphatic rings. The molecule has 3 rings (SSSR count). The molecular weight excluding hydrogens is 326 g/mol. The summed E-state index contributed by atoms with van der Waals surface area (Å²) >= 11 is 0. The average Bonchev–Trinajstić information content (AvgIpc) is 3.12. The van der Waals surface area contributed by atoms with Gasteiger partial charge in [-0.05, 0) is 17.2 Å².